The third kappa shape index (κ3) is 2.30. The van der Waals surface area contributed by atoms with Crippen LogP contribution in [0.3, 0.4) is 0 Å². The van der Waals surface area contributed by atoms with Gasteiger partial charge < -0.3 is 25.0 Å². The highest BCUT2D eigenvalue weighted by atomic mass is 16.6. The summed E-state index contributed by atoms with van der Waals surface area (Å²) in [5.41, 5.74) is 0.200. The Balaban J connectivity index is 2.17. The summed E-state index contributed by atoms with van der Waals surface area (Å²) in [4.78, 5) is 20.1. The molecule has 23 heavy (non-hydrogen) atoms. The van der Waals surface area contributed by atoms with Crippen molar-refractivity contribution in [1.82, 2.24) is 19.1 Å². The van der Waals surface area contributed by atoms with E-state index in [4.69, 9.17) is 9.47 Å². The Labute approximate surface area is 131 Å². The number of aliphatic hydroxyl groups excluding tert-OH is 2. The van der Waals surface area contributed by atoms with Gasteiger partial charge in [0, 0.05) is 21.2 Å². The SMILES string of the molecule is CNc1nc(=O)c2ncn([C@@H]3O[C@H](CO)[C@@H](O)[C@H]3OC)c2n1C. The van der Waals surface area contributed by atoms with Gasteiger partial charge in [-0.25, -0.2) is 4.98 Å². The lowest BCUT2D eigenvalue weighted by molar-refractivity contribution is -0.0584. The van der Waals surface area contributed by atoms with Gasteiger partial charge in [-0.1, -0.05) is 0 Å². The molecule has 4 atom stereocenters. The minimum atomic E-state index is -0.991. The van der Waals surface area contributed by atoms with Crippen molar-refractivity contribution in [3.8, 4) is 0 Å². The van der Waals surface area contributed by atoms with Gasteiger partial charge in [0.25, 0.3) is 0 Å². The largest absolute Gasteiger partial charge is 0.394 e. The first kappa shape index (κ1) is 15.9. The maximum atomic E-state index is 12.1. The van der Waals surface area contributed by atoms with Crippen molar-refractivity contribution in [1.29, 1.82) is 0 Å². The number of nitrogens with zero attached hydrogens (tertiary/aromatic N) is 4. The van der Waals surface area contributed by atoms with Gasteiger partial charge in [0.05, 0.1) is 12.9 Å². The molecule has 0 saturated carbocycles. The summed E-state index contributed by atoms with van der Waals surface area (Å²) in [6.07, 6.45) is -1.75. The number of aryl methyl sites for hydroxylation is 1. The molecule has 0 aromatic carbocycles. The molecule has 0 radical (unpaired) electrons. The molecular formula is C13H19N5O5. The normalized spacial score (nSPS) is 27.7. The molecule has 2 aromatic rings. The van der Waals surface area contributed by atoms with Crippen LogP contribution in [0.15, 0.2) is 11.1 Å². The molecule has 126 valence electrons. The van der Waals surface area contributed by atoms with E-state index in [-0.39, 0.29) is 12.1 Å². The first-order valence-electron chi connectivity index (χ1n) is 7.12. The van der Waals surface area contributed by atoms with E-state index in [2.05, 4.69) is 15.3 Å². The zero-order chi connectivity index (χ0) is 16.7. The van der Waals surface area contributed by atoms with Crippen LogP contribution in [0.25, 0.3) is 11.2 Å². The predicted octanol–water partition coefficient (Wildman–Crippen LogP) is -1.56. The van der Waals surface area contributed by atoms with E-state index in [0.717, 1.165) is 0 Å². The van der Waals surface area contributed by atoms with Crippen LogP contribution in [-0.4, -0.2) is 68.4 Å². The quantitative estimate of drug-likeness (QED) is 0.616. The van der Waals surface area contributed by atoms with Crippen molar-refractivity contribution in [3.05, 3.63) is 16.7 Å². The van der Waals surface area contributed by atoms with E-state index in [1.165, 1.54) is 13.4 Å². The van der Waals surface area contributed by atoms with Crippen LogP contribution in [0, 0.1) is 0 Å². The van der Waals surface area contributed by atoms with Gasteiger partial charge in [0.15, 0.2) is 17.4 Å². The number of anilines is 1. The van der Waals surface area contributed by atoms with Crippen molar-refractivity contribution in [2.45, 2.75) is 24.5 Å². The molecule has 10 heteroatoms. The lowest BCUT2D eigenvalue weighted by Crippen LogP contribution is -2.34. The summed E-state index contributed by atoms with van der Waals surface area (Å²) >= 11 is 0. The molecule has 0 bridgehead atoms. The maximum Gasteiger partial charge on any atom is 0.302 e. The standard InChI is InChI=1S/C13H19N5O5/c1-14-13-16-10(21)7-11(17(13)2)18(5-15-7)12-9(22-3)8(20)6(4-19)23-12/h5-6,8-9,12,19-20H,4H2,1-3H3,(H,14,16,21)/t6-,8-,9-,12-/m1/s1. The molecule has 3 N–H and O–H groups in total. The Morgan fingerprint density at radius 1 is 1.52 bits per heavy atom. The summed E-state index contributed by atoms with van der Waals surface area (Å²) < 4.78 is 14.3. The second-order valence-electron chi connectivity index (χ2n) is 5.31. The van der Waals surface area contributed by atoms with Gasteiger partial charge in [0.1, 0.15) is 18.3 Å². The molecule has 0 aliphatic carbocycles. The Morgan fingerprint density at radius 3 is 2.87 bits per heavy atom. The molecule has 2 aromatic heterocycles. The minimum Gasteiger partial charge on any atom is -0.394 e. The van der Waals surface area contributed by atoms with Crippen LogP contribution in [0.1, 0.15) is 6.23 Å². The van der Waals surface area contributed by atoms with Crippen LogP contribution in [0.4, 0.5) is 5.95 Å². The Morgan fingerprint density at radius 2 is 2.26 bits per heavy atom. The van der Waals surface area contributed by atoms with Crippen LogP contribution in [0.5, 0.6) is 0 Å². The van der Waals surface area contributed by atoms with Gasteiger partial charge in [0.2, 0.25) is 5.95 Å². The number of aliphatic hydroxyl groups is 2. The lowest BCUT2D eigenvalue weighted by atomic mass is 10.1. The van der Waals surface area contributed by atoms with Crippen molar-refractivity contribution in [3.63, 3.8) is 0 Å². The molecule has 0 unspecified atom stereocenters. The number of imidazole rings is 1. The van der Waals surface area contributed by atoms with Crippen molar-refractivity contribution < 1.29 is 19.7 Å². The van der Waals surface area contributed by atoms with Gasteiger partial charge in [-0.15, -0.1) is 0 Å². The summed E-state index contributed by atoms with van der Waals surface area (Å²) in [5.74, 6) is 0.371. The lowest BCUT2D eigenvalue weighted by Gasteiger charge is -2.21. The average molecular weight is 325 g/mol. The number of ether oxygens (including phenoxy) is 2. The molecule has 10 nitrogen and oxygen atoms in total. The highest BCUT2D eigenvalue weighted by Gasteiger charge is 2.45. The van der Waals surface area contributed by atoms with E-state index in [9.17, 15) is 15.0 Å². The second-order valence-corrected chi connectivity index (χ2v) is 5.31. The average Bonchev–Trinajstić information content (AvgIpc) is 3.12. The molecule has 1 saturated heterocycles. The zero-order valence-electron chi connectivity index (χ0n) is 13.0. The molecule has 1 aliphatic rings. The fraction of sp³-hybridized carbons (Fsp3) is 0.615. The summed E-state index contributed by atoms with van der Waals surface area (Å²) in [7, 11) is 4.84. The third-order valence-corrected chi connectivity index (χ3v) is 4.08. The molecule has 0 amide bonds. The van der Waals surface area contributed by atoms with Crippen LogP contribution in [-0.2, 0) is 16.5 Å². The van der Waals surface area contributed by atoms with E-state index < -0.39 is 30.1 Å². The van der Waals surface area contributed by atoms with Gasteiger partial charge in [-0.05, 0) is 0 Å². The summed E-state index contributed by atoms with van der Waals surface area (Å²) in [6, 6.07) is 0. The Hall–Kier alpha value is -2.01. The van der Waals surface area contributed by atoms with Gasteiger partial charge in [-0.3, -0.25) is 13.9 Å². The van der Waals surface area contributed by atoms with E-state index in [1.54, 1.807) is 23.2 Å². The van der Waals surface area contributed by atoms with Crippen LogP contribution in [0.2, 0.25) is 0 Å². The Bertz CT molecular complexity index is 772. The van der Waals surface area contributed by atoms with Crippen LogP contribution < -0.4 is 10.9 Å². The minimum absolute atomic E-state index is 0.187. The van der Waals surface area contributed by atoms with Crippen molar-refractivity contribution in [2.24, 2.45) is 7.05 Å². The first-order valence-corrected chi connectivity index (χ1v) is 7.12. The number of fused-ring (bicyclic) bond motifs is 1. The maximum absolute atomic E-state index is 12.1. The highest BCUT2D eigenvalue weighted by Crippen LogP contribution is 2.33. The number of hydrogen-bond acceptors (Lipinski definition) is 8. The van der Waals surface area contributed by atoms with Gasteiger partial charge in [-0.2, -0.15) is 4.98 Å². The number of methoxy groups -OCH3 is 1. The monoisotopic (exact) mass is 325 g/mol. The van der Waals surface area contributed by atoms with E-state index in [1.807, 2.05) is 0 Å². The van der Waals surface area contributed by atoms with E-state index in [0.29, 0.717) is 11.6 Å². The molecule has 3 rings (SSSR count). The van der Waals surface area contributed by atoms with Crippen LogP contribution >= 0.6 is 0 Å². The predicted molar refractivity (Wildman–Crippen MR) is 80.1 cm³/mol. The molecule has 1 aliphatic heterocycles. The fourth-order valence-corrected chi connectivity index (χ4v) is 2.92. The smallest absolute Gasteiger partial charge is 0.302 e. The number of nitrogens with one attached hydrogen (secondary N) is 1. The highest BCUT2D eigenvalue weighted by molar-refractivity contribution is 5.72. The summed E-state index contributed by atoms with van der Waals surface area (Å²) in [6.45, 7) is -0.341. The second kappa shape index (κ2) is 5.89. The third-order valence-electron chi connectivity index (χ3n) is 4.08. The topological polar surface area (TPSA) is 124 Å². The number of aromatic nitrogens is 4. The molecular weight excluding hydrogens is 306 g/mol. The summed E-state index contributed by atoms with van der Waals surface area (Å²) in [5, 5.41) is 22.3. The molecule has 3 heterocycles. The van der Waals surface area contributed by atoms with E-state index >= 15 is 0 Å². The fourth-order valence-electron chi connectivity index (χ4n) is 2.92. The van der Waals surface area contributed by atoms with Crippen molar-refractivity contribution in [2.75, 3.05) is 26.1 Å². The molecule has 0 spiro atoms. The zero-order valence-corrected chi connectivity index (χ0v) is 13.0. The molecule has 1 fully saturated rings. The van der Waals surface area contributed by atoms with Gasteiger partial charge >= 0.3 is 5.56 Å². The number of rotatable bonds is 4. The first-order chi connectivity index (χ1) is 11.0. The number of hydrogen-bond donors (Lipinski definition) is 3. The Kier molecular flexibility index (Phi) is 4.06. The van der Waals surface area contributed by atoms with Crippen molar-refractivity contribution >= 4 is 17.1 Å².